The first-order valence-electron chi connectivity index (χ1n) is 10.0. The molecule has 0 aliphatic carbocycles. The van der Waals surface area contributed by atoms with E-state index in [0.717, 1.165) is 30.4 Å². The van der Waals surface area contributed by atoms with E-state index in [1.165, 1.54) is 5.56 Å². The minimum Gasteiger partial charge on any atom is -0.399 e. The van der Waals surface area contributed by atoms with Crippen molar-refractivity contribution in [3.8, 4) is 11.1 Å². The number of rotatable bonds is 5. The summed E-state index contributed by atoms with van der Waals surface area (Å²) in [5.41, 5.74) is 9.77. The molecular weight excluding hydrogens is 380 g/mol. The van der Waals surface area contributed by atoms with Crippen LogP contribution in [0.25, 0.3) is 11.1 Å². The van der Waals surface area contributed by atoms with Crippen molar-refractivity contribution < 1.29 is 8.42 Å². The van der Waals surface area contributed by atoms with Crippen LogP contribution in [-0.4, -0.2) is 25.8 Å². The van der Waals surface area contributed by atoms with Crippen LogP contribution in [0.3, 0.4) is 0 Å². The van der Waals surface area contributed by atoms with Crippen LogP contribution in [0.4, 0.5) is 5.69 Å². The van der Waals surface area contributed by atoms with E-state index in [9.17, 15) is 8.42 Å². The van der Waals surface area contributed by atoms with Gasteiger partial charge in [0.1, 0.15) is 0 Å². The molecule has 0 aromatic heterocycles. The summed E-state index contributed by atoms with van der Waals surface area (Å²) in [6.45, 7) is 1.17. The lowest BCUT2D eigenvalue weighted by Crippen LogP contribution is -2.38. The van der Waals surface area contributed by atoms with Crippen LogP contribution in [-0.2, 0) is 16.4 Å². The van der Waals surface area contributed by atoms with E-state index in [1.807, 2.05) is 42.5 Å². The van der Waals surface area contributed by atoms with Crippen LogP contribution >= 0.6 is 0 Å². The normalized spacial score (nSPS) is 16.0. The van der Waals surface area contributed by atoms with Gasteiger partial charge in [0, 0.05) is 18.8 Å². The fraction of sp³-hybridized carbons (Fsp3) is 0.250. The van der Waals surface area contributed by atoms with E-state index in [1.54, 1.807) is 16.4 Å². The number of nitrogens with zero attached hydrogens (tertiary/aromatic N) is 1. The van der Waals surface area contributed by atoms with Gasteiger partial charge in [-0.05, 0) is 66.1 Å². The zero-order valence-corrected chi connectivity index (χ0v) is 17.2. The average molecular weight is 407 g/mol. The van der Waals surface area contributed by atoms with Gasteiger partial charge >= 0.3 is 0 Å². The fourth-order valence-corrected chi connectivity index (χ4v) is 5.41. The van der Waals surface area contributed by atoms with Crippen molar-refractivity contribution in [1.29, 1.82) is 0 Å². The van der Waals surface area contributed by atoms with Gasteiger partial charge in [-0.25, -0.2) is 8.42 Å². The van der Waals surface area contributed by atoms with Crippen molar-refractivity contribution in [2.75, 3.05) is 18.8 Å². The summed E-state index contributed by atoms with van der Waals surface area (Å²) in [6.07, 6.45) is 2.82. The molecule has 0 amide bonds. The molecule has 0 atom stereocenters. The molecule has 5 heteroatoms. The average Bonchev–Trinajstić information content (AvgIpc) is 2.75. The highest BCUT2D eigenvalue weighted by Crippen LogP contribution is 2.28. The molecule has 3 aromatic carbocycles. The molecule has 3 aromatic rings. The Hall–Kier alpha value is -2.63. The molecule has 1 heterocycles. The number of hydrogen-bond donors (Lipinski definition) is 1. The lowest BCUT2D eigenvalue weighted by molar-refractivity contribution is 0.273. The van der Waals surface area contributed by atoms with Crippen LogP contribution in [0, 0.1) is 5.92 Å². The first-order valence-corrected chi connectivity index (χ1v) is 11.5. The third-order valence-electron chi connectivity index (χ3n) is 5.68. The smallest absolute Gasteiger partial charge is 0.243 e. The zero-order chi connectivity index (χ0) is 20.3. The Bertz CT molecular complexity index is 1040. The molecule has 1 fully saturated rings. The van der Waals surface area contributed by atoms with Crippen LogP contribution in [0.1, 0.15) is 18.4 Å². The summed E-state index contributed by atoms with van der Waals surface area (Å²) in [6, 6.07) is 25.1. The highest BCUT2D eigenvalue weighted by atomic mass is 32.2. The minimum atomic E-state index is -3.45. The fourth-order valence-electron chi connectivity index (χ4n) is 3.95. The summed E-state index contributed by atoms with van der Waals surface area (Å²) in [5, 5.41) is 0. The van der Waals surface area contributed by atoms with Gasteiger partial charge in [-0.3, -0.25) is 0 Å². The Labute approximate surface area is 173 Å². The van der Waals surface area contributed by atoms with Crippen molar-refractivity contribution >= 4 is 15.7 Å². The lowest BCUT2D eigenvalue weighted by atomic mass is 9.91. The monoisotopic (exact) mass is 406 g/mol. The van der Waals surface area contributed by atoms with Crippen molar-refractivity contribution in [3.63, 3.8) is 0 Å². The summed E-state index contributed by atoms with van der Waals surface area (Å²) in [5.74, 6) is 0.539. The molecule has 0 spiro atoms. The number of nitrogen functional groups attached to an aromatic ring is 1. The molecule has 1 aliphatic heterocycles. The standard InChI is InChI=1S/C24H26N2O2S/c25-23-10-6-21(7-11-23)22-8-12-24(13-9-22)29(27,28)26-16-14-20(15-17-26)18-19-4-2-1-3-5-19/h1-13,20H,14-18,25H2. The molecule has 150 valence electrons. The predicted molar refractivity (Wildman–Crippen MR) is 118 cm³/mol. The number of sulfonamides is 1. The predicted octanol–water partition coefficient (Wildman–Crippen LogP) is 4.58. The molecule has 0 bridgehead atoms. The van der Waals surface area contributed by atoms with Gasteiger partial charge < -0.3 is 5.73 Å². The zero-order valence-electron chi connectivity index (χ0n) is 16.4. The molecule has 4 nitrogen and oxygen atoms in total. The molecule has 0 saturated carbocycles. The van der Waals surface area contributed by atoms with Gasteiger partial charge in [0.05, 0.1) is 4.90 Å². The van der Waals surface area contributed by atoms with E-state index < -0.39 is 10.0 Å². The maximum absolute atomic E-state index is 13.1. The van der Waals surface area contributed by atoms with E-state index in [2.05, 4.69) is 24.3 Å². The Morgan fingerprint density at radius 1 is 0.793 bits per heavy atom. The Kier molecular flexibility index (Phi) is 5.69. The van der Waals surface area contributed by atoms with Gasteiger partial charge in [-0.1, -0.05) is 54.6 Å². The molecule has 29 heavy (non-hydrogen) atoms. The molecule has 2 N–H and O–H groups in total. The van der Waals surface area contributed by atoms with E-state index in [0.29, 0.717) is 29.6 Å². The number of piperidine rings is 1. The summed E-state index contributed by atoms with van der Waals surface area (Å²) >= 11 is 0. The van der Waals surface area contributed by atoms with Crippen molar-refractivity contribution in [2.24, 2.45) is 5.92 Å². The summed E-state index contributed by atoms with van der Waals surface area (Å²) in [7, 11) is -3.45. The number of nitrogens with two attached hydrogens (primary N) is 1. The van der Waals surface area contributed by atoms with Gasteiger partial charge in [0.15, 0.2) is 0 Å². The van der Waals surface area contributed by atoms with Crippen LogP contribution in [0.5, 0.6) is 0 Å². The van der Waals surface area contributed by atoms with Crippen molar-refractivity contribution in [1.82, 2.24) is 4.31 Å². The SMILES string of the molecule is Nc1ccc(-c2ccc(S(=O)(=O)N3CCC(Cc4ccccc4)CC3)cc2)cc1. The molecule has 1 aliphatic rings. The van der Waals surface area contributed by atoms with Crippen LogP contribution in [0.15, 0.2) is 83.8 Å². The first kappa shape index (κ1) is 19.7. The molecule has 4 rings (SSSR count). The van der Waals surface area contributed by atoms with Crippen molar-refractivity contribution in [3.05, 3.63) is 84.4 Å². The largest absolute Gasteiger partial charge is 0.399 e. The van der Waals surface area contributed by atoms with E-state index in [4.69, 9.17) is 5.73 Å². The number of hydrogen-bond acceptors (Lipinski definition) is 3. The lowest BCUT2D eigenvalue weighted by Gasteiger charge is -2.31. The highest BCUT2D eigenvalue weighted by molar-refractivity contribution is 7.89. The van der Waals surface area contributed by atoms with Crippen LogP contribution < -0.4 is 5.73 Å². The Morgan fingerprint density at radius 2 is 1.34 bits per heavy atom. The van der Waals surface area contributed by atoms with Crippen LogP contribution in [0.2, 0.25) is 0 Å². The van der Waals surface area contributed by atoms with Gasteiger partial charge in [0.25, 0.3) is 0 Å². The Morgan fingerprint density at radius 3 is 1.93 bits per heavy atom. The summed E-state index contributed by atoms with van der Waals surface area (Å²) in [4.78, 5) is 0.359. The second kappa shape index (κ2) is 8.39. The highest BCUT2D eigenvalue weighted by Gasteiger charge is 2.29. The Balaban J connectivity index is 1.41. The summed E-state index contributed by atoms with van der Waals surface area (Å²) < 4.78 is 27.7. The second-order valence-corrected chi connectivity index (χ2v) is 9.62. The maximum Gasteiger partial charge on any atom is 0.243 e. The molecule has 0 unspecified atom stereocenters. The first-order chi connectivity index (χ1) is 14.0. The number of anilines is 1. The van der Waals surface area contributed by atoms with Gasteiger partial charge in [0.2, 0.25) is 10.0 Å². The topological polar surface area (TPSA) is 63.4 Å². The second-order valence-electron chi connectivity index (χ2n) is 7.68. The quantitative estimate of drug-likeness (QED) is 0.631. The third kappa shape index (κ3) is 4.52. The molecule has 0 radical (unpaired) electrons. The third-order valence-corrected chi connectivity index (χ3v) is 7.59. The molecule has 1 saturated heterocycles. The molecular formula is C24H26N2O2S. The van der Waals surface area contributed by atoms with Crippen molar-refractivity contribution in [2.45, 2.75) is 24.2 Å². The van der Waals surface area contributed by atoms with E-state index >= 15 is 0 Å². The van der Waals surface area contributed by atoms with Gasteiger partial charge in [-0.15, -0.1) is 0 Å². The maximum atomic E-state index is 13.1. The number of benzene rings is 3. The van der Waals surface area contributed by atoms with Gasteiger partial charge in [-0.2, -0.15) is 4.31 Å². The van der Waals surface area contributed by atoms with E-state index in [-0.39, 0.29) is 0 Å². The minimum absolute atomic E-state index is 0.359.